The number of carbonyl (C=O) groups is 1. The van der Waals surface area contributed by atoms with E-state index in [1.807, 2.05) is 24.3 Å². The van der Waals surface area contributed by atoms with Gasteiger partial charge in [-0.1, -0.05) is 54.1 Å². The summed E-state index contributed by atoms with van der Waals surface area (Å²) >= 11 is 6.32. The Morgan fingerprint density at radius 3 is 2.68 bits per heavy atom. The zero-order chi connectivity index (χ0) is 23.3. The summed E-state index contributed by atoms with van der Waals surface area (Å²) in [7, 11) is 0. The molecule has 0 spiro atoms. The number of nitrogens with one attached hydrogen (secondary N) is 3. The molecular formula is C25H28ClN7O. The minimum absolute atomic E-state index is 0.0167. The molecule has 0 radical (unpaired) electrons. The highest BCUT2D eigenvalue weighted by Gasteiger charge is 2.24. The van der Waals surface area contributed by atoms with Crippen molar-refractivity contribution < 1.29 is 4.79 Å². The minimum atomic E-state index is -0.365. The Bertz CT molecular complexity index is 1170. The zero-order valence-corrected chi connectivity index (χ0v) is 19.7. The number of hydrogen-bond acceptors (Lipinski definition) is 7. The maximum atomic E-state index is 12.5. The Balaban J connectivity index is 1.41. The molecule has 1 saturated heterocycles. The van der Waals surface area contributed by atoms with Crippen molar-refractivity contribution in [3.8, 4) is 0 Å². The van der Waals surface area contributed by atoms with Crippen LogP contribution in [0.2, 0.25) is 5.02 Å². The van der Waals surface area contributed by atoms with Gasteiger partial charge in [-0.25, -0.2) is 0 Å². The number of fused-ring (bicyclic) bond motifs is 1. The van der Waals surface area contributed by atoms with Crippen LogP contribution in [0.1, 0.15) is 36.0 Å². The first-order valence-electron chi connectivity index (χ1n) is 11.7. The molecule has 3 aromatic rings. The summed E-state index contributed by atoms with van der Waals surface area (Å²) in [5.74, 6) is 1.41. The normalized spacial score (nSPS) is 18.0. The lowest BCUT2D eigenvalue weighted by Gasteiger charge is -2.29. The van der Waals surface area contributed by atoms with Crippen LogP contribution in [-0.4, -0.2) is 40.0 Å². The molecule has 3 N–H and O–H groups in total. The molecule has 3 heterocycles. The molecule has 5 rings (SSSR count). The summed E-state index contributed by atoms with van der Waals surface area (Å²) in [5, 5.41) is 10.2. The minimum Gasteiger partial charge on any atom is -0.354 e. The van der Waals surface area contributed by atoms with Crippen LogP contribution in [0, 0.1) is 0 Å². The Kier molecular flexibility index (Phi) is 6.76. The SMILES string of the molecule is O=C1NCCCCC1Nc1nc(NCc2ccccc2Cl)nc(N2CCc3ccccc3C2)n1. The van der Waals surface area contributed by atoms with Crippen LogP contribution >= 0.6 is 11.6 Å². The molecule has 2 aliphatic heterocycles. The lowest BCUT2D eigenvalue weighted by Crippen LogP contribution is -2.38. The average molecular weight is 478 g/mol. The van der Waals surface area contributed by atoms with Gasteiger partial charge in [-0.15, -0.1) is 0 Å². The van der Waals surface area contributed by atoms with Crippen LogP contribution < -0.4 is 20.9 Å². The molecule has 0 aliphatic carbocycles. The topological polar surface area (TPSA) is 95.1 Å². The summed E-state index contributed by atoms with van der Waals surface area (Å²) < 4.78 is 0. The van der Waals surface area contributed by atoms with Gasteiger partial charge in [-0.2, -0.15) is 15.0 Å². The quantitative estimate of drug-likeness (QED) is 0.497. The van der Waals surface area contributed by atoms with Crippen molar-refractivity contribution in [3.63, 3.8) is 0 Å². The standard InChI is InChI=1S/C25H28ClN7O/c26-20-10-4-3-8-18(20)15-28-23-30-24(29-21-11-5-6-13-27-22(21)34)32-25(31-23)33-14-12-17-7-1-2-9-19(17)16-33/h1-4,7-10,21H,5-6,11-16H2,(H,27,34)(H2,28,29,30,31,32). The van der Waals surface area contributed by atoms with Gasteiger partial charge in [0, 0.05) is 31.2 Å². The summed E-state index contributed by atoms with van der Waals surface area (Å²) in [6.45, 7) is 2.73. The number of rotatable bonds is 6. The number of amides is 1. The highest BCUT2D eigenvalue weighted by molar-refractivity contribution is 6.31. The van der Waals surface area contributed by atoms with Crippen molar-refractivity contribution in [1.29, 1.82) is 0 Å². The van der Waals surface area contributed by atoms with E-state index in [2.05, 4.69) is 50.1 Å². The number of hydrogen-bond donors (Lipinski definition) is 3. The second kappa shape index (κ2) is 10.3. The van der Waals surface area contributed by atoms with Gasteiger partial charge in [0.25, 0.3) is 0 Å². The number of nitrogens with zero attached hydrogens (tertiary/aromatic N) is 4. The fourth-order valence-corrected chi connectivity index (χ4v) is 4.57. The maximum absolute atomic E-state index is 12.5. The van der Waals surface area contributed by atoms with Crippen molar-refractivity contribution in [1.82, 2.24) is 20.3 Å². The monoisotopic (exact) mass is 477 g/mol. The molecule has 2 aliphatic rings. The van der Waals surface area contributed by atoms with Crippen molar-refractivity contribution in [2.45, 2.75) is 44.8 Å². The Morgan fingerprint density at radius 2 is 1.79 bits per heavy atom. The number of benzene rings is 2. The van der Waals surface area contributed by atoms with E-state index in [0.717, 1.165) is 44.3 Å². The molecule has 34 heavy (non-hydrogen) atoms. The first-order chi connectivity index (χ1) is 16.7. The molecule has 1 amide bonds. The van der Waals surface area contributed by atoms with Crippen LogP contribution in [0.15, 0.2) is 48.5 Å². The second-order valence-electron chi connectivity index (χ2n) is 8.65. The number of anilines is 3. The molecule has 176 valence electrons. The number of halogens is 1. The van der Waals surface area contributed by atoms with Crippen molar-refractivity contribution in [3.05, 3.63) is 70.2 Å². The van der Waals surface area contributed by atoms with Crippen LogP contribution in [0.3, 0.4) is 0 Å². The third-order valence-electron chi connectivity index (χ3n) is 6.27. The molecule has 0 bridgehead atoms. The van der Waals surface area contributed by atoms with Gasteiger partial charge >= 0.3 is 0 Å². The lowest BCUT2D eigenvalue weighted by atomic mass is 10.0. The predicted molar refractivity (Wildman–Crippen MR) is 134 cm³/mol. The molecule has 1 aromatic heterocycles. The molecule has 1 unspecified atom stereocenters. The maximum Gasteiger partial charge on any atom is 0.242 e. The molecule has 8 nitrogen and oxygen atoms in total. The fourth-order valence-electron chi connectivity index (χ4n) is 4.37. The Morgan fingerprint density at radius 1 is 1.00 bits per heavy atom. The van der Waals surface area contributed by atoms with E-state index in [0.29, 0.717) is 36.0 Å². The highest BCUT2D eigenvalue weighted by Crippen LogP contribution is 2.24. The number of aromatic nitrogens is 3. The fraction of sp³-hybridized carbons (Fsp3) is 0.360. The van der Waals surface area contributed by atoms with E-state index in [9.17, 15) is 4.79 Å². The number of carbonyl (C=O) groups excluding carboxylic acids is 1. The summed E-state index contributed by atoms with van der Waals surface area (Å²) in [6, 6.07) is 15.8. The van der Waals surface area contributed by atoms with Crippen molar-refractivity contribution >= 4 is 35.4 Å². The van der Waals surface area contributed by atoms with Gasteiger partial charge in [-0.3, -0.25) is 4.79 Å². The van der Waals surface area contributed by atoms with Gasteiger partial charge < -0.3 is 20.9 Å². The smallest absolute Gasteiger partial charge is 0.242 e. The van der Waals surface area contributed by atoms with E-state index in [4.69, 9.17) is 21.6 Å². The molecule has 1 fully saturated rings. The van der Waals surface area contributed by atoms with E-state index in [1.165, 1.54) is 11.1 Å². The average Bonchev–Trinajstić information content (AvgIpc) is 3.07. The molecule has 2 aromatic carbocycles. The van der Waals surface area contributed by atoms with E-state index < -0.39 is 0 Å². The predicted octanol–water partition coefficient (Wildman–Crippen LogP) is 3.78. The Hall–Kier alpha value is -3.39. The van der Waals surface area contributed by atoms with E-state index in [-0.39, 0.29) is 11.9 Å². The summed E-state index contributed by atoms with van der Waals surface area (Å²) in [6.07, 6.45) is 3.61. The Labute approximate surface area is 204 Å². The third-order valence-corrected chi connectivity index (χ3v) is 6.64. The van der Waals surface area contributed by atoms with Crippen LogP contribution in [0.25, 0.3) is 0 Å². The third kappa shape index (κ3) is 5.22. The van der Waals surface area contributed by atoms with Crippen LogP contribution in [0.4, 0.5) is 17.8 Å². The first kappa shape index (κ1) is 22.4. The van der Waals surface area contributed by atoms with Gasteiger partial charge in [0.2, 0.25) is 23.8 Å². The largest absolute Gasteiger partial charge is 0.354 e. The second-order valence-corrected chi connectivity index (χ2v) is 9.06. The van der Waals surface area contributed by atoms with E-state index in [1.54, 1.807) is 0 Å². The van der Waals surface area contributed by atoms with Gasteiger partial charge in [-0.05, 0) is 48.4 Å². The first-order valence-corrected chi connectivity index (χ1v) is 12.1. The zero-order valence-electron chi connectivity index (χ0n) is 18.9. The van der Waals surface area contributed by atoms with Gasteiger partial charge in [0.15, 0.2) is 0 Å². The van der Waals surface area contributed by atoms with Crippen LogP contribution in [-0.2, 0) is 24.3 Å². The molecular weight excluding hydrogens is 450 g/mol. The summed E-state index contributed by atoms with van der Waals surface area (Å²) in [5.41, 5.74) is 3.59. The molecule has 9 heteroatoms. The van der Waals surface area contributed by atoms with Crippen molar-refractivity contribution in [2.24, 2.45) is 0 Å². The van der Waals surface area contributed by atoms with Crippen molar-refractivity contribution in [2.75, 3.05) is 28.6 Å². The summed E-state index contributed by atoms with van der Waals surface area (Å²) in [4.78, 5) is 28.7. The van der Waals surface area contributed by atoms with E-state index >= 15 is 0 Å². The van der Waals surface area contributed by atoms with Gasteiger partial charge in [0.05, 0.1) is 0 Å². The lowest BCUT2D eigenvalue weighted by molar-refractivity contribution is -0.121. The highest BCUT2D eigenvalue weighted by atomic mass is 35.5. The van der Waals surface area contributed by atoms with Crippen LogP contribution in [0.5, 0.6) is 0 Å². The molecule has 1 atom stereocenters. The van der Waals surface area contributed by atoms with Gasteiger partial charge in [0.1, 0.15) is 6.04 Å². The molecule has 0 saturated carbocycles.